The van der Waals surface area contributed by atoms with Crippen molar-refractivity contribution in [1.29, 1.82) is 0 Å². The molecule has 108 valence electrons. The van der Waals surface area contributed by atoms with E-state index in [1.54, 1.807) is 24.3 Å². The first-order valence-electron chi connectivity index (χ1n) is 5.72. The number of rotatable bonds is 6. The van der Waals surface area contributed by atoms with Crippen molar-refractivity contribution in [2.24, 2.45) is 0 Å². The summed E-state index contributed by atoms with van der Waals surface area (Å²) >= 11 is 5.79. The highest BCUT2D eigenvalue weighted by Gasteiger charge is 2.06. The van der Waals surface area contributed by atoms with Gasteiger partial charge in [0.1, 0.15) is 6.54 Å². The van der Waals surface area contributed by atoms with Gasteiger partial charge in [-0.15, -0.1) is 0 Å². The molecule has 0 atom stereocenters. The third-order valence-corrected chi connectivity index (χ3v) is 2.42. The molecule has 1 rings (SSSR count). The molecule has 0 aromatic heterocycles. The maximum atomic E-state index is 11.4. The molecule has 8 heteroatoms. The van der Waals surface area contributed by atoms with Gasteiger partial charge in [-0.1, -0.05) is 23.7 Å². The first-order valence-corrected chi connectivity index (χ1v) is 6.10. The molecule has 0 unspecified atom stereocenters. The summed E-state index contributed by atoms with van der Waals surface area (Å²) in [5.41, 5.74) is 0.822. The van der Waals surface area contributed by atoms with E-state index >= 15 is 0 Å². The summed E-state index contributed by atoms with van der Waals surface area (Å²) in [6.45, 7) is -0.511. The summed E-state index contributed by atoms with van der Waals surface area (Å²) in [5, 5.41) is 15.9. The van der Waals surface area contributed by atoms with E-state index in [1.165, 1.54) is 0 Å². The number of urea groups is 1. The van der Waals surface area contributed by atoms with Crippen LogP contribution in [0.5, 0.6) is 0 Å². The van der Waals surface area contributed by atoms with E-state index in [9.17, 15) is 14.4 Å². The largest absolute Gasteiger partial charge is 0.480 e. The number of carbonyl (C=O) groups excluding carboxylic acids is 2. The Morgan fingerprint density at radius 2 is 1.85 bits per heavy atom. The third-order valence-electron chi connectivity index (χ3n) is 2.19. The SMILES string of the molecule is O=C(O)CNC(=O)CNC(=O)NCc1cccc(Cl)c1. The molecule has 1 aromatic carbocycles. The normalized spacial score (nSPS) is 9.65. The van der Waals surface area contributed by atoms with Crippen molar-refractivity contribution < 1.29 is 19.5 Å². The van der Waals surface area contributed by atoms with E-state index in [4.69, 9.17) is 16.7 Å². The van der Waals surface area contributed by atoms with Crippen LogP contribution in [-0.2, 0) is 16.1 Å². The Morgan fingerprint density at radius 3 is 2.50 bits per heavy atom. The lowest BCUT2D eigenvalue weighted by Crippen LogP contribution is -2.42. The molecular weight excluding hydrogens is 286 g/mol. The van der Waals surface area contributed by atoms with Gasteiger partial charge < -0.3 is 21.1 Å². The average Bonchev–Trinajstić information content (AvgIpc) is 2.40. The van der Waals surface area contributed by atoms with E-state index in [-0.39, 0.29) is 13.1 Å². The third kappa shape index (κ3) is 6.60. The summed E-state index contributed by atoms with van der Waals surface area (Å²) in [6, 6.07) is 6.46. The lowest BCUT2D eigenvalue weighted by Gasteiger charge is -2.07. The van der Waals surface area contributed by atoms with E-state index in [2.05, 4.69) is 16.0 Å². The van der Waals surface area contributed by atoms with Gasteiger partial charge in [0.05, 0.1) is 6.54 Å². The number of benzene rings is 1. The van der Waals surface area contributed by atoms with Gasteiger partial charge in [0.2, 0.25) is 5.91 Å². The number of hydrogen-bond donors (Lipinski definition) is 4. The number of carboxylic acid groups (broad SMARTS) is 1. The number of carbonyl (C=O) groups is 3. The first kappa shape index (κ1) is 15.8. The van der Waals surface area contributed by atoms with Crippen LogP contribution in [0.1, 0.15) is 5.56 Å². The maximum Gasteiger partial charge on any atom is 0.322 e. The monoisotopic (exact) mass is 299 g/mol. The lowest BCUT2D eigenvalue weighted by atomic mass is 10.2. The molecule has 0 aliphatic heterocycles. The van der Waals surface area contributed by atoms with Crippen LogP contribution in [0.2, 0.25) is 5.02 Å². The molecule has 0 bridgehead atoms. The van der Waals surface area contributed by atoms with Gasteiger partial charge in [0.15, 0.2) is 0 Å². The predicted molar refractivity (Wildman–Crippen MR) is 72.3 cm³/mol. The van der Waals surface area contributed by atoms with Gasteiger partial charge >= 0.3 is 12.0 Å². The van der Waals surface area contributed by atoms with E-state index in [1.807, 2.05) is 0 Å². The zero-order valence-electron chi connectivity index (χ0n) is 10.5. The minimum atomic E-state index is -1.15. The molecule has 0 spiro atoms. The fourth-order valence-electron chi connectivity index (χ4n) is 1.29. The Bertz CT molecular complexity index is 507. The summed E-state index contributed by atoms with van der Waals surface area (Å²) in [6.07, 6.45) is 0. The van der Waals surface area contributed by atoms with Crippen LogP contribution >= 0.6 is 11.6 Å². The van der Waals surface area contributed by atoms with Gasteiger partial charge in [-0.25, -0.2) is 4.79 Å². The fraction of sp³-hybridized carbons (Fsp3) is 0.250. The predicted octanol–water partition coefficient (Wildman–Crippen LogP) is 0.340. The van der Waals surface area contributed by atoms with Crippen LogP contribution in [0.3, 0.4) is 0 Å². The van der Waals surface area contributed by atoms with Gasteiger partial charge in [-0.05, 0) is 17.7 Å². The standard InChI is InChI=1S/C12H14ClN3O4/c13-9-3-1-2-8(4-9)5-15-12(20)16-6-10(17)14-7-11(18)19/h1-4H,5-7H2,(H,14,17)(H,18,19)(H2,15,16,20). The second kappa shape index (κ2) is 8.00. The molecule has 0 aliphatic carbocycles. The molecule has 0 saturated heterocycles. The van der Waals surface area contributed by atoms with E-state index in [0.717, 1.165) is 5.56 Å². The van der Waals surface area contributed by atoms with Crippen molar-refractivity contribution in [3.63, 3.8) is 0 Å². The number of nitrogens with one attached hydrogen (secondary N) is 3. The highest BCUT2D eigenvalue weighted by Crippen LogP contribution is 2.09. The Labute approximate surface area is 120 Å². The van der Waals surface area contributed by atoms with Crippen molar-refractivity contribution in [2.45, 2.75) is 6.54 Å². The zero-order chi connectivity index (χ0) is 15.0. The molecule has 1 aromatic rings. The smallest absolute Gasteiger partial charge is 0.322 e. The Morgan fingerprint density at radius 1 is 1.10 bits per heavy atom. The van der Waals surface area contributed by atoms with Crippen molar-refractivity contribution in [2.75, 3.05) is 13.1 Å². The number of aliphatic carboxylic acids is 1. The average molecular weight is 300 g/mol. The number of amides is 3. The first-order chi connectivity index (χ1) is 9.47. The van der Waals surface area contributed by atoms with Gasteiger partial charge in [0.25, 0.3) is 0 Å². The quantitative estimate of drug-likeness (QED) is 0.607. The van der Waals surface area contributed by atoms with E-state index < -0.39 is 24.5 Å². The van der Waals surface area contributed by atoms with Crippen LogP contribution in [0.25, 0.3) is 0 Å². The second-order valence-electron chi connectivity index (χ2n) is 3.84. The molecule has 7 nitrogen and oxygen atoms in total. The zero-order valence-corrected chi connectivity index (χ0v) is 11.2. The topological polar surface area (TPSA) is 108 Å². The molecule has 0 aliphatic rings. The summed E-state index contributed by atoms with van der Waals surface area (Å²) in [7, 11) is 0. The van der Waals surface area contributed by atoms with Crippen LogP contribution in [0, 0.1) is 0 Å². The van der Waals surface area contributed by atoms with Crippen molar-refractivity contribution in [3.8, 4) is 0 Å². The second-order valence-corrected chi connectivity index (χ2v) is 4.27. The molecular formula is C12H14ClN3O4. The summed E-state index contributed by atoms with van der Waals surface area (Å²) in [5.74, 6) is -1.73. The van der Waals surface area contributed by atoms with Crippen LogP contribution in [0.4, 0.5) is 4.79 Å². The Kier molecular flexibility index (Phi) is 6.31. The molecule has 20 heavy (non-hydrogen) atoms. The van der Waals surface area contributed by atoms with Gasteiger partial charge in [0, 0.05) is 11.6 Å². The van der Waals surface area contributed by atoms with E-state index in [0.29, 0.717) is 5.02 Å². The summed E-state index contributed by atoms with van der Waals surface area (Å²) in [4.78, 5) is 32.7. The van der Waals surface area contributed by atoms with Crippen LogP contribution in [0.15, 0.2) is 24.3 Å². The van der Waals surface area contributed by atoms with Crippen molar-refractivity contribution >= 4 is 29.5 Å². The van der Waals surface area contributed by atoms with Gasteiger partial charge in [-0.3, -0.25) is 9.59 Å². The van der Waals surface area contributed by atoms with Crippen molar-refractivity contribution in [1.82, 2.24) is 16.0 Å². The molecule has 4 N–H and O–H groups in total. The highest BCUT2D eigenvalue weighted by atomic mass is 35.5. The molecule has 3 amide bonds. The Balaban J connectivity index is 2.23. The van der Waals surface area contributed by atoms with Crippen molar-refractivity contribution in [3.05, 3.63) is 34.9 Å². The molecule has 0 fully saturated rings. The number of carboxylic acids is 1. The van der Waals surface area contributed by atoms with Crippen LogP contribution < -0.4 is 16.0 Å². The highest BCUT2D eigenvalue weighted by molar-refractivity contribution is 6.30. The maximum absolute atomic E-state index is 11.4. The molecule has 0 heterocycles. The minimum Gasteiger partial charge on any atom is -0.480 e. The molecule has 0 saturated carbocycles. The lowest BCUT2D eigenvalue weighted by molar-refractivity contribution is -0.137. The fourth-order valence-corrected chi connectivity index (χ4v) is 1.50. The number of halogens is 1. The summed E-state index contributed by atoms with van der Waals surface area (Å²) < 4.78 is 0. The minimum absolute atomic E-state index is 0.267. The van der Waals surface area contributed by atoms with Gasteiger partial charge in [-0.2, -0.15) is 0 Å². The Hall–Kier alpha value is -2.28. The van der Waals surface area contributed by atoms with Crippen LogP contribution in [-0.4, -0.2) is 36.1 Å². The number of hydrogen-bond acceptors (Lipinski definition) is 3. The molecule has 0 radical (unpaired) electrons.